The Kier molecular flexibility index (Phi) is 4.68. The molecule has 0 saturated heterocycles. The monoisotopic (exact) mass is 408 g/mol. The van der Waals surface area contributed by atoms with Crippen LogP contribution in [0.1, 0.15) is 56.1 Å². The van der Waals surface area contributed by atoms with Gasteiger partial charge < -0.3 is 14.8 Å². The summed E-state index contributed by atoms with van der Waals surface area (Å²) < 4.78 is 7.18. The van der Waals surface area contributed by atoms with Crippen molar-refractivity contribution in [3.63, 3.8) is 0 Å². The van der Waals surface area contributed by atoms with E-state index >= 15 is 0 Å². The number of amides is 1. The zero-order chi connectivity index (χ0) is 20.7. The van der Waals surface area contributed by atoms with Gasteiger partial charge in [-0.1, -0.05) is 18.5 Å². The van der Waals surface area contributed by atoms with Gasteiger partial charge in [-0.2, -0.15) is 4.98 Å². The molecule has 0 bridgehead atoms. The first-order valence-corrected chi connectivity index (χ1v) is 10.4. The van der Waals surface area contributed by atoms with Crippen LogP contribution < -0.4 is 5.32 Å². The fourth-order valence-corrected chi connectivity index (χ4v) is 4.61. The molecule has 1 amide bonds. The van der Waals surface area contributed by atoms with E-state index in [1.807, 2.05) is 12.3 Å². The van der Waals surface area contributed by atoms with Gasteiger partial charge in [0.05, 0.1) is 11.7 Å². The molecule has 0 spiro atoms. The van der Waals surface area contributed by atoms with Gasteiger partial charge in [0.15, 0.2) is 17.1 Å². The number of aryl methyl sites for hydroxylation is 2. The Morgan fingerprint density at radius 3 is 3.07 bits per heavy atom. The maximum atomic E-state index is 12.5. The zero-order valence-electron chi connectivity index (χ0n) is 17.0. The van der Waals surface area contributed by atoms with Gasteiger partial charge in [-0.3, -0.25) is 9.20 Å². The Balaban J connectivity index is 1.32. The van der Waals surface area contributed by atoms with E-state index in [1.165, 1.54) is 0 Å². The van der Waals surface area contributed by atoms with Crippen molar-refractivity contribution in [2.45, 2.75) is 57.9 Å². The second kappa shape index (κ2) is 7.51. The van der Waals surface area contributed by atoms with Crippen molar-refractivity contribution >= 4 is 22.7 Å². The second-order valence-corrected chi connectivity index (χ2v) is 7.97. The summed E-state index contributed by atoms with van der Waals surface area (Å²) in [7, 11) is 0. The van der Waals surface area contributed by atoms with Gasteiger partial charge >= 0.3 is 0 Å². The SMILES string of the molecule is CC[C@@H]1C[C@H](NC(=O)CCc2nc(C)no2)C[C@@H]1c1nnc2cnc3[nH]ccc3n12. The normalized spacial score (nSPS) is 21.6. The van der Waals surface area contributed by atoms with Crippen molar-refractivity contribution in [3.05, 3.63) is 36.0 Å². The van der Waals surface area contributed by atoms with Gasteiger partial charge in [-0.15, -0.1) is 10.2 Å². The number of H-pyrrole nitrogens is 1. The highest BCUT2D eigenvalue weighted by Gasteiger charge is 2.37. The molecule has 0 aromatic carbocycles. The lowest BCUT2D eigenvalue weighted by Crippen LogP contribution is -2.33. The molecule has 30 heavy (non-hydrogen) atoms. The van der Waals surface area contributed by atoms with E-state index in [0.29, 0.717) is 30.5 Å². The summed E-state index contributed by atoms with van der Waals surface area (Å²) in [4.78, 5) is 24.2. The summed E-state index contributed by atoms with van der Waals surface area (Å²) >= 11 is 0. The van der Waals surface area contributed by atoms with E-state index in [-0.39, 0.29) is 17.9 Å². The molecule has 3 atom stereocenters. The fourth-order valence-electron chi connectivity index (χ4n) is 4.61. The van der Waals surface area contributed by atoms with Crippen molar-refractivity contribution < 1.29 is 9.32 Å². The first-order chi connectivity index (χ1) is 14.6. The van der Waals surface area contributed by atoms with Crippen molar-refractivity contribution in [1.82, 2.24) is 40.0 Å². The molecule has 2 N–H and O–H groups in total. The van der Waals surface area contributed by atoms with Gasteiger partial charge in [0.25, 0.3) is 0 Å². The third-order valence-electron chi connectivity index (χ3n) is 6.02. The van der Waals surface area contributed by atoms with Crippen LogP contribution in [0, 0.1) is 12.8 Å². The van der Waals surface area contributed by atoms with Crippen LogP contribution in [0.15, 0.2) is 23.0 Å². The molecule has 0 aliphatic heterocycles. The molecule has 4 aromatic heterocycles. The van der Waals surface area contributed by atoms with Crippen molar-refractivity contribution in [1.29, 1.82) is 0 Å². The Morgan fingerprint density at radius 1 is 1.37 bits per heavy atom. The molecule has 1 fully saturated rings. The minimum absolute atomic E-state index is 0.00897. The largest absolute Gasteiger partial charge is 0.353 e. The predicted molar refractivity (Wildman–Crippen MR) is 108 cm³/mol. The lowest BCUT2D eigenvalue weighted by molar-refractivity contribution is -0.121. The number of hydrogen-bond acceptors (Lipinski definition) is 7. The van der Waals surface area contributed by atoms with E-state index < -0.39 is 0 Å². The summed E-state index contributed by atoms with van der Waals surface area (Å²) in [6.07, 6.45) is 7.21. The summed E-state index contributed by atoms with van der Waals surface area (Å²) in [5.74, 6) is 2.70. The Hall–Kier alpha value is -3.30. The number of aromatic amines is 1. The highest BCUT2D eigenvalue weighted by molar-refractivity contribution is 5.76. The van der Waals surface area contributed by atoms with E-state index in [0.717, 1.165) is 41.9 Å². The molecular formula is C20H24N8O2. The van der Waals surface area contributed by atoms with E-state index in [2.05, 4.69) is 46.9 Å². The van der Waals surface area contributed by atoms with E-state index in [9.17, 15) is 4.79 Å². The maximum Gasteiger partial charge on any atom is 0.227 e. The molecule has 0 radical (unpaired) electrons. The number of fused-ring (bicyclic) bond motifs is 3. The number of nitrogens with zero attached hydrogens (tertiary/aromatic N) is 6. The van der Waals surface area contributed by atoms with Crippen molar-refractivity contribution in [2.24, 2.45) is 5.92 Å². The topological polar surface area (TPSA) is 127 Å². The van der Waals surface area contributed by atoms with Crippen LogP contribution >= 0.6 is 0 Å². The number of carbonyl (C=O) groups is 1. The molecule has 10 heteroatoms. The Labute approximate surface area is 172 Å². The summed E-state index contributed by atoms with van der Waals surface area (Å²) in [6.45, 7) is 3.96. The van der Waals surface area contributed by atoms with Crippen LogP contribution in [0.3, 0.4) is 0 Å². The molecule has 0 unspecified atom stereocenters. The van der Waals surface area contributed by atoms with Gasteiger partial charge in [0.2, 0.25) is 11.8 Å². The number of hydrogen-bond donors (Lipinski definition) is 2. The molecule has 4 heterocycles. The third-order valence-corrected chi connectivity index (χ3v) is 6.02. The molecule has 10 nitrogen and oxygen atoms in total. The van der Waals surface area contributed by atoms with E-state index in [1.54, 1.807) is 13.1 Å². The molecule has 4 aromatic rings. The predicted octanol–water partition coefficient (Wildman–Crippen LogP) is 2.32. The van der Waals surface area contributed by atoms with Crippen LogP contribution in [-0.4, -0.2) is 46.7 Å². The highest BCUT2D eigenvalue weighted by atomic mass is 16.5. The van der Waals surface area contributed by atoms with Crippen LogP contribution in [0.25, 0.3) is 16.8 Å². The highest BCUT2D eigenvalue weighted by Crippen LogP contribution is 2.41. The maximum absolute atomic E-state index is 12.5. The first-order valence-electron chi connectivity index (χ1n) is 10.4. The second-order valence-electron chi connectivity index (χ2n) is 7.97. The van der Waals surface area contributed by atoms with Crippen LogP contribution in [-0.2, 0) is 11.2 Å². The third kappa shape index (κ3) is 3.31. The molecule has 1 aliphatic carbocycles. The quantitative estimate of drug-likeness (QED) is 0.501. The minimum Gasteiger partial charge on any atom is -0.353 e. The van der Waals surface area contributed by atoms with Crippen LogP contribution in [0.5, 0.6) is 0 Å². The average molecular weight is 408 g/mol. The lowest BCUT2D eigenvalue weighted by Gasteiger charge is -2.15. The molecule has 156 valence electrons. The molecule has 1 aliphatic rings. The summed E-state index contributed by atoms with van der Waals surface area (Å²) in [6, 6.07) is 2.11. The number of carbonyl (C=O) groups excluding carboxylic acids is 1. The molecular weight excluding hydrogens is 384 g/mol. The number of aromatic nitrogens is 7. The number of rotatable bonds is 6. The Bertz CT molecular complexity index is 1190. The van der Waals surface area contributed by atoms with Crippen molar-refractivity contribution in [2.75, 3.05) is 0 Å². The van der Waals surface area contributed by atoms with Gasteiger partial charge in [-0.25, -0.2) is 4.98 Å². The van der Waals surface area contributed by atoms with Gasteiger partial charge in [-0.05, 0) is 31.7 Å². The lowest BCUT2D eigenvalue weighted by atomic mass is 9.93. The Morgan fingerprint density at radius 2 is 2.27 bits per heavy atom. The molecule has 5 rings (SSSR count). The first kappa shape index (κ1) is 18.7. The zero-order valence-corrected chi connectivity index (χ0v) is 17.0. The average Bonchev–Trinajstić information content (AvgIpc) is 3.50. The smallest absolute Gasteiger partial charge is 0.227 e. The van der Waals surface area contributed by atoms with E-state index in [4.69, 9.17) is 4.52 Å². The summed E-state index contributed by atoms with van der Waals surface area (Å²) in [5, 5.41) is 15.8. The van der Waals surface area contributed by atoms with Crippen LogP contribution in [0.4, 0.5) is 0 Å². The molecule has 1 saturated carbocycles. The number of nitrogens with one attached hydrogen (secondary N) is 2. The fraction of sp³-hybridized carbons (Fsp3) is 0.500. The van der Waals surface area contributed by atoms with Crippen LogP contribution in [0.2, 0.25) is 0 Å². The van der Waals surface area contributed by atoms with Crippen molar-refractivity contribution in [3.8, 4) is 0 Å². The standard InChI is InChI=1S/C20H24N8O2/c1-3-12-8-13(24-17(29)4-5-18-23-11(2)27-30-18)9-14(12)20-26-25-16-10-22-19-15(28(16)20)6-7-21-19/h6-7,10,12-14,21H,3-5,8-9H2,1-2H3,(H,24,29)/t12-,13+,14+/m1/s1. The van der Waals surface area contributed by atoms with Gasteiger partial charge in [0.1, 0.15) is 5.82 Å². The minimum atomic E-state index is 0.00897. The van der Waals surface area contributed by atoms with Gasteiger partial charge in [0, 0.05) is 31.0 Å². The summed E-state index contributed by atoms with van der Waals surface area (Å²) in [5.41, 5.74) is 2.54.